The predicted molar refractivity (Wildman–Crippen MR) is 89.0 cm³/mol. The van der Waals surface area contributed by atoms with Gasteiger partial charge in [0.05, 0.1) is 12.7 Å². The summed E-state index contributed by atoms with van der Waals surface area (Å²) in [6.07, 6.45) is 0.180. The molecule has 1 amide bonds. The molecule has 0 bridgehead atoms. The first-order chi connectivity index (χ1) is 11.0. The number of esters is 1. The van der Waals surface area contributed by atoms with Crippen molar-refractivity contribution < 1.29 is 19.1 Å². The lowest BCUT2D eigenvalue weighted by molar-refractivity contribution is -0.116. The van der Waals surface area contributed by atoms with Crippen LogP contribution in [0.5, 0.6) is 0 Å². The number of amides is 1. The van der Waals surface area contributed by atoms with Crippen LogP contribution in [0.2, 0.25) is 0 Å². The number of rotatable bonds is 6. The number of carbonyl (C=O) groups is 3. The second-order valence-electron chi connectivity index (χ2n) is 4.93. The number of nitrogens with one attached hydrogen (secondary N) is 1. The Morgan fingerprint density at radius 2 is 1.83 bits per heavy atom. The second-order valence-corrected chi connectivity index (χ2v) is 6.19. The number of anilines is 1. The highest BCUT2D eigenvalue weighted by atomic mass is 32.1. The van der Waals surface area contributed by atoms with E-state index < -0.39 is 5.97 Å². The van der Waals surface area contributed by atoms with Gasteiger partial charge in [-0.3, -0.25) is 9.59 Å². The highest BCUT2D eigenvalue weighted by Gasteiger charge is 2.17. The van der Waals surface area contributed by atoms with Crippen molar-refractivity contribution in [2.75, 3.05) is 12.4 Å². The zero-order valence-electron chi connectivity index (χ0n) is 12.9. The molecule has 0 atom stereocenters. The molecule has 0 spiro atoms. The Balaban J connectivity index is 1.95. The largest absolute Gasteiger partial charge is 0.465 e. The van der Waals surface area contributed by atoms with Gasteiger partial charge in [0.2, 0.25) is 5.91 Å². The lowest BCUT2D eigenvalue weighted by Gasteiger charge is -2.05. The molecule has 2 rings (SSSR count). The molecule has 0 saturated carbocycles. The van der Waals surface area contributed by atoms with Crippen molar-refractivity contribution in [3.8, 4) is 0 Å². The van der Waals surface area contributed by atoms with E-state index >= 15 is 0 Å². The Labute approximate surface area is 138 Å². The Morgan fingerprint density at radius 1 is 1.13 bits per heavy atom. The van der Waals surface area contributed by atoms with E-state index in [0.717, 1.165) is 4.88 Å². The number of methoxy groups -OCH3 is 1. The Hall–Kier alpha value is -2.47. The highest BCUT2D eigenvalue weighted by Crippen LogP contribution is 2.28. The van der Waals surface area contributed by atoms with Gasteiger partial charge in [-0.25, -0.2) is 4.79 Å². The minimum absolute atomic E-state index is 0.0608. The molecular weight excluding hydrogens is 314 g/mol. The van der Waals surface area contributed by atoms with Crippen LogP contribution >= 0.6 is 11.3 Å². The predicted octanol–water partition coefficient (Wildman–Crippen LogP) is 3.44. The third kappa shape index (κ3) is 4.50. The molecular formula is C17H17NO4S. The highest BCUT2D eigenvalue weighted by molar-refractivity contribution is 7.16. The molecule has 23 heavy (non-hydrogen) atoms. The van der Waals surface area contributed by atoms with Crippen LogP contribution in [0.25, 0.3) is 0 Å². The van der Waals surface area contributed by atoms with Gasteiger partial charge in [-0.15, -0.1) is 11.3 Å². The van der Waals surface area contributed by atoms with Crippen LogP contribution in [0.4, 0.5) is 5.00 Å². The molecule has 2 aromatic rings. The number of ether oxygens (including phenoxy) is 1. The van der Waals surface area contributed by atoms with Crippen molar-refractivity contribution >= 4 is 34.0 Å². The van der Waals surface area contributed by atoms with Crippen LogP contribution < -0.4 is 5.32 Å². The standard InChI is InChI=1S/C17H17NO4S/c1-11-10-13(17(21)22-2)16(23-11)18-15(20)9-8-14(19)12-6-4-3-5-7-12/h3-7,10H,8-9H2,1-2H3,(H,18,20). The average Bonchev–Trinajstić information content (AvgIpc) is 2.93. The summed E-state index contributed by atoms with van der Waals surface area (Å²) in [5.41, 5.74) is 0.917. The summed E-state index contributed by atoms with van der Waals surface area (Å²) in [6, 6.07) is 10.5. The number of thiophene rings is 1. The molecule has 0 aliphatic heterocycles. The minimum atomic E-state index is -0.495. The monoisotopic (exact) mass is 331 g/mol. The van der Waals surface area contributed by atoms with Gasteiger partial charge in [0.25, 0.3) is 0 Å². The molecule has 1 N–H and O–H groups in total. The van der Waals surface area contributed by atoms with E-state index in [0.29, 0.717) is 16.1 Å². The molecule has 5 nitrogen and oxygen atoms in total. The van der Waals surface area contributed by atoms with E-state index in [1.807, 2.05) is 13.0 Å². The van der Waals surface area contributed by atoms with Crippen molar-refractivity contribution in [1.29, 1.82) is 0 Å². The maximum absolute atomic E-state index is 12.0. The molecule has 1 aromatic heterocycles. The van der Waals surface area contributed by atoms with E-state index in [2.05, 4.69) is 5.32 Å². The summed E-state index contributed by atoms with van der Waals surface area (Å²) >= 11 is 1.30. The molecule has 1 heterocycles. The van der Waals surface area contributed by atoms with Crippen LogP contribution in [-0.4, -0.2) is 24.8 Å². The van der Waals surface area contributed by atoms with Crippen LogP contribution in [0, 0.1) is 6.92 Å². The number of aryl methyl sites for hydroxylation is 1. The van der Waals surface area contributed by atoms with Crippen molar-refractivity contribution in [1.82, 2.24) is 0 Å². The van der Waals surface area contributed by atoms with Crippen LogP contribution in [0.3, 0.4) is 0 Å². The van der Waals surface area contributed by atoms with Gasteiger partial charge in [-0.05, 0) is 13.0 Å². The van der Waals surface area contributed by atoms with Crippen molar-refractivity contribution in [3.63, 3.8) is 0 Å². The SMILES string of the molecule is COC(=O)c1cc(C)sc1NC(=O)CCC(=O)c1ccccc1. The van der Waals surface area contributed by atoms with Gasteiger partial charge in [0.15, 0.2) is 5.78 Å². The molecule has 0 fully saturated rings. The van der Waals surface area contributed by atoms with E-state index in [4.69, 9.17) is 4.74 Å². The van der Waals surface area contributed by atoms with Crippen LogP contribution in [0.15, 0.2) is 36.4 Å². The average molecular weight is 331 g/mol. The maximum atomic E-state index is 12.0. The van der Waals surface area contributed by atoms with Crippen LogP contribution in [0.1, 0.15) is 38.4 Å². The normalized spacial score (nSPS) is 10.2. The van der Waals surface area contributed by atoms with Crippen molar-refractivity contribution in [3.05, 3.63) is 52.4 Å². The minimum Gasteiger partial charge on any atom is -0.465 e. The zero-order valence-corrected chi connectivity index (χ0v) is 13.7. The van der Waals surface area contributed by atoms with Gasteiger partial charge in [0.1, 0.15) is 5.00 Å². The van der Waals surface area contributed by atoms with Crippen molar-refractivity contribution in [2.45, 2.75) is 19.8 Å². The maximum Gasteiger partial charge on any atom is 0.340 e. The first-order valence-corrected chi connectivity index (χ1v) is 7.89. The lowest BCUT2D eigenvalue weighted by atomic mass is 10.1. The molecule has 0 unspecified atom stereocenters. The van der Waals surface area contributed by atoms with Gasteiger partial charge in [0, 0.05) is 23.3 Å². The van der Waals surface area contributed by atoms with Gasteiger partial charge in [-0.1, -0.05) is 30.3 Å². The number of carbonyl (C=O) groups excluding carboxylic acids is 3. The number of hydrogen-bond donors (Lipinski definition) is 1. The molecule has 1 aromatic carbocycles. The summed E-state index contributed by atoms with van der Waals surface area (Å²) in [5.74, 6) is -0.886. The van der Waals surface area contributed by atoms with E-state index in [9.17, 15) is 14.4 Å². The molecule has 0 saturated heterocycles. The third-order valence-electron chi connectivity index (χ3n) is 3.19. The summed E-state index contributed by atoms with van der Waals surface area (Å²) in [5, 5.41) is 3.13. The second kappa shape index (κ2) is 7.69. The van der Waals surface area contributed by atoms with Gasteiger partial charge in [-0.2, -0.15) is 0 Å². The van der Waals surface area contributed by atoms with E-state index in [-0.39, 0.29) is 24.5 Å². The molecule has 0 aliphatic carbocycles. The smallest absolute Gasteiger partial charge is 0.340 e. The third-order valence-corrected chi connectivity index (χ3v) is 4.15. The molecule has 0 aliphatic rings. The number of ketones is 1. The zero-order chi connectivity index (χ0) is 16.8. The van der Waals surface area contributed by atoms with Crippen LogP contribution in [-0.2, 0) is 9.53 Å². The van der Waals surface area contributed by atoms with Gasteiger partial charge >= 0.3 is 5.97 Å². The summed E-state index contributed by atoms with van der Waals surface area (Å²) < 4.78 is 4.69. The Morgan fingerprint density at radius 3 is 2.48 bits per heavy atom. The number of hydrogen-bond acceptors (Lipinski definition) is 5. The fourth-order valence-corrected chi connectivity index (χ4v) is 2.97. The summed E-state index contributed by atoms with van der Waals surface area (Å²) in [6.45, 7) is 1.84. The summed E-state index contributed by atoms with van der Waals surface area (Å²) in [7, 11) is 1.29. The molecule has 120 valence electrons. The quantitative estimate of drug-likeness (QED) is 0.650. The van der Waals surface area contributed by atoms with E-state index in [1.165, 1.54) is 18.4 Å². The first-order valence-electron chi connectivity index (χ1n) is 7.08. The van der Waals surface area contributed by atoms with Crippen molar-refractivity contribution in [2.24, 2.45) is 0 Å². The lowest BCUT2D eigenvalue weighted by Crippen LogP contribution is -2.15. The Bertz CT molecular complexity index is 721. The van der Waals surface area contributed by atoms with Gasteiger partial charge < -0.3 is 10.1 Å². The number of benzene rings is 1. The summed E-state index contributed by atoms with van der Waals surface area (Å²) in [4.78, 5) is 36.5. The first kappa shape index (κ1) is 16.9. The fraction of sp³-hybridized carbons (Fsp3) is 0.235. The molecule has 0 radical (unpaired) electrons. The van der Waals surface area contributed by atoms with E-state index in [1.54, 1.807) is 30.3 Å². The molecule has 6 heteroatoms. The number of Topliss-reactive ketones (excluding diaryl/α,β-unsaturated/α-hetero) is 1. The Kier molecular flexibility index (Phi) is 5.65. The topological polar surface area (TPSA) is 72.5 Å². The fourth-order valence-electron chi connectivity index (χ4n) is 2.05.